The van der Waals surface area contributed by atoms with E-state index in [2.05, 4.69) is 149 Å². The molecule has 0 aliphatic carbocycles. The Bertz CT molecular complexity index is 1550. The summed E-state index contributed by atoms with van der Waals surface area (Å²) in [5.41, 5.74) is 10.4. The lowest BCUT2D eigenvalue weighted by atomic mass is 10.00. The van der Waals surface area contributed by atoms with Gasteiger partial charge in [0.2, 0.25) is 0 Å². The van der Waals surface area contributed by atoms with Gasteiger partial charge in [0.15, 0.2) is 0 Å². The molecule has 0 saturated carbocycles. The SMILES string of the molecule is c1ccc(-c2ccc(N(c3ccccc3-c3ccccc3)c3ccccc3-c3ccc[nH]3)cc2)cc1. The molecule has 0 saturated heterocycles. The van der Waals surface area contributed by atoms with E-state index in [9.17, 15) is 0 Å². The highest BCUT2D eigenvalue weighted by Crippen LogP contribution is 2.44. The molecule has 0 unspecified atom stereocenters. The van der Waals surface area contributed by atoms with Crippen molar-refractivity contribution < 1.29 is 0 Å². The molecule has 0 spiro atoms. The molecule has 2 nitrogen and oxygen atoms in total. The van der Waals surface area contributed by atoms with E-state index in [1.165, 1.54) is 22.3 Å². The number of hydrogen-bond acceptors (Lipinski definition) is 1. The van der Waals surface area contributed by atoms with Crippen LogP contribution in [0.2, 0.25) is 0 Å². The minimum Gasteiger partial charge on any atom is -0.361 e. The summed E-state index contributed by atoms with van der Waals surface area (Å²) >= 11 is 0. The van der Waals surface area contributed by atoms with Crippen LogP contribution in [0, 0.1) is 0 Å². The van der Waals surface area contributed by atoms with E-state index in [0.717, 1.165) is 28.3 Å². The molecule has 1 N–H and O–H groups in total. The summed E-state index contributed by atoms with van der Waals surface area (Å²) in [6.45, 7) is 0. The first kappa shape index (κ1) is 21.7. The number of H-pyrrole nitrogens is 1. The largest absolute Gasteiger partial charge is 0.361 e. The average Bonchev–Trinajstić information content (AvgIpc) is 3.50. The first-order chi connectivity index (χ1) is 17.9. The van der Waals surface area contributed by atoms with Crippen molar-refractivity contribution >= 4 is 17.1 Å². The van der Waals surface area contributed by atoms with Gasteiger partial charge < -0.3 is 9.88 Å². The highest BCUT2D eigenvalue weighted by molar-refractivity contribution is 5.93. The highest BCUT2D eigenvalue weighted by atomic mass is 15.1. The van der Waals surface area contributed by atoms with Gasteiger partial charge in [0.25, 0.3) is 0 Å². The predicted octanol–water partition coefficient (Wildman–Crippen LogP) is 9.49. The molecule has 0 aliphatic rings. The third-order valence-corrected chi connectivity index (χ3v) is 6.50. The van der Waals surface area contributed by atoms with Crippen molar-refractivity contribution in [1.29, 1.82) is 0 Å². The van der Waals surface area contributed by atoms with Crippen LogP contribution in [0.15, 0.2) is 152 Å². The Morgan fingerprint density at radius 2 is 0.917 bits per heavy atom. The number of anilines is 3. The van der Waals surface area contributed by atoms with Crippen molar-refractivity contribution in [2.75, 3.05) is 4.90 Å². The smallest absolute Gasteiger partial charge is 0.0555 e. The first-order valence-electron chi connectivity index (χ1n) is 12.2. The van der Waals surface area contributed by atoms with Crippen LogP contribution in [0.3, 0.4) is 0 Å². The summed E-state index contributed by atoms with van der Waals surface area (Å²) < 4.78 is 0. The summed E-state index contributed by atoms with van der Waals surface area (Å²) in [6, 6.07) is 51.4. The van der Waals surface area contributed by atoms with Crippen molar-refractivity contribution in [2.24, 2.45) is 0 Å². The van der Waals surface area contributed by atoms with Crippen LogP contribution in [-0.2, 0) is 0 Å². The molecule has 0 aliphatic heterocycles. The fraction of sp³-hybridized carbons (Fsp3) is 0. The van der Waals surface area contributed by atoms with Gasteiger partial charge in [-0.15, -0.1) is 0 Å². The van der Waals surface area contributed by atoms with Gasteiger partial charge in [0.05, 0.1) is 11.4 Å². The van der Waals surface area contributed by atoms with Gasteiger partial charge in [-0.05, 0) is 53.1 Å². The summed E-state index contributed by atoms with van der Waals surface area (Å²) in [6.07, 6.45) is 1.98. The molecule has 0 amide bonds. The molecule has 1 aromatic heterocycles. The van der Waals surface area contributed by atoms with E-state index in [1.807, 2.05) is 12.3 Å². The first-order valence-corrected chi connectivity index (χ1v) is 12.2. The van der Waals surface area contributed by atoms with Gasteiger partial charge in [-0.2, -0.15) is 0 Å². The van der Waals surface area contributed by atoms with Crippen LogP contribution in [0.1, 0.15) is 0 Å². The molecular weight excluding hydrogens is 436 g/mol. The van der Waals surface area contributed by atoms with Crippen LogP contribution in [0.25, 0.3) is 33.5 Å². The molecule has 36 heavy (non-hydrogen) atoms. The fourth-order valence-corrected chi connectivity index (χ4v) is 4.77. The molecular formula is C34H26N2. The monoisotopic (exact) mass is 462 g/mol. The number of para-hydroxylation sites is 2. The maximum absolute atomic E-state index is 3.40. The fourth-order valence-electron chi connectivity index (χ4n) is 4.77. The number of aromatic nitrogens is 1. The molecule has 1 heterocycles. The zero-order valence-electron chi connectivity index (χ0n) is 19.9. The summed E-state index contributed by atoms with van der Waals surface area (Å²) in [4.78, 5) is 5.77. The van der Waals surface area contributed by atoms with Gasteiger partial charge in [0, 0.05) is 28.7 Å². The van der Waals surface area contributed by atoms with Gasteiger partial charge >= 0.3 is 0 Å². The molecule has 5 aromatic carbocycles. The van der Waals surface area contributed by atoms with Crippen molar-refractivity contribution in [3.8, 4) is 33.5 Å². The van der Waals surface area contributed by atoms with Crippen LogP contribution in [0.4, 0.5) is 17.1 Å². The second-order valence-corrected chi connectivity index (χ2v) is 8.73. The number of hydrogen-bond donors (Lipinski definition) is 1. The topological polar surface area (TPSA) is 19.0 Å². The quantitative estimate of drug-likeness (QED) is 0.261. The molecule has 0 atom stereocenters. The number of nitrogens with one attached hydrogen (secondary N) is 1. The highest BCUT2D eigenvalue weighted by Gasteiger charge is 2.20. The second-order valence-electron chi connectivity index (χ2n) is 8.73. The van der Waals surface area contributed by atoms with E-state index in [4.69, 9.17) is 0 Å². The van der Waals surface area contributed by atoms with E-state index >= 15 is 0 Å². The number of rotatable bonds is 6. The Labute approximate surface area is 212 Å². The number of nitrogens with zero attached hydrogens (tertiary/aromatic N) is 1. The Kier molecular flexibility index (Phi) is 5.91. The van der Waals surface area contributed by atoms with E-state index in [-0.39, 0.29) is 0 Å². The minimum absolute atomic E-state index is 1.09. The lowest BCUT2D eigenvalue weighted by Gasteiger charge is -2.29. The molecule has 0 bridgehead atoms. The van der Waals surface area contributed by atoms with E-state index < -0.39 is 0 Å². The van der Waals surface area contributed by atoms with Crippen LogP contribution in [0.5, 0.6) is 0 Å². The molecule has 0 fully saturated rings. The van der Waals surface area contributed by atoms with E-state index in [0.29, 0.717) is 0 Å². The molecule has 2 heteroatoms. The third kappa shape index (κ3) is 4.21. The van der Waals surface area contributed by atoms with Gasteiger partial charge in [-0.25, -0.2) is 0 Å². The zero-order valence-corrected chi connectivity index (χ0v) is 19.9. The summed E-state index contributed by atoms with van der Waals surface area (Å²) in [7, 11) is 0. The third-order valence-electron chi connectivity index (χ3n) is 6.50. The molecule has 172 valence electrons. The van der Waals surface area contributed by atoms with E-state index in [1.54, 1.807) is 0 Å². The Morgan fingerprint density at radius 3 is 1.56 bits per heavy atom. The number of aromatic amines is 1. The van der Waals surface area contributed by atoms with Gasteiger partial charge in [-0.3, -0.25) is 0 Å². The standard InChI is InChI=1S/C34H26N2/c1-3-12-26(13-4-1)27-21-23-29(24-22-27)36(34-20-10-8-17-31(34)32-18-11-25-35-32)33-19-9-7-16-30(33)28-14-5-2-6-15-28/h1-25,35H. The van der Waals surface area contributed by atoms with Crippen LogP contribution in [-0.4, -0.2) is 4.98 Å². The predicted molar refractivity (Wildman–Crippen MR) is 152 cm³/mol. The van der Waals surface area contributed by atoms with Gasteiger partial charge in [-0.1, -0.05) is 109 Å². The lowest BCUT2D eigenvalue weighted by Crippen LogP contribution is -2.12. The van der Waals surface area contributed by atoms with Crippen molar-refractivity contribution in [3.63, 3.8) is 0 Å². The van der Waals surface area contributed by atoms with Crippen molar-refractivity contribution in [1.82, 2.24) is 4.98 Å². The minimum atomic E-state index is 1.09. The summed E-state index contributed by atoms with van der Waals surface area (Å²) in [5, 5.41) is 0. The average molecular weight is 463 g/mol. The van der Waals surface area contributed by atoms with Gasteiger partial charge in [0.1, 0.15) is 0 Å². The molecule has 6 rings (SSSR count). The normalized spacial score (nSPS) is 10.8. The van der Waals surface area contributed by atoms with Crippen molar-refractivity contribution in [3.05, 3.63) is 152 Å². The Morgan fingerprint density at radius 1 is 0.389 bits per heavy atom. The lowest BCUT2D eigenvalue weighted by molar-refractivity contribution is 1.27. The van der Waals surface area contributed by atoms with Crippen LogP contribution >= 0.6 is 0 Å². The van der Waals surface area contributed by atoms with Crippen LogP contribution < -0.4 is 4.90 Å². The maximum Gasteiger partial charge on any atom is 0.0555 e. The summed E-state index contributed by atoms with van der Waals surface area (Å²) in [5.74, 6) is 0. The number of benzene rings is 5. The maximum atomic E-state index is 3.40. The van der Waals surface area contributed by atoms with Crippen molar-refractivity contribution in [2.45, 2.75) is 0 Å². The molecule has 6 aromatic rings. The Hall–Kier alpha value is -4.82. The second kappa shape index (κ2) is 9.81. The zero-order chi connectivity index (χ0) is 24.2. The molecule has 0 radical (unpaired) electrons. The Balaban J connectivity index is 1.55.